The van der Waals surface area contributed by atoms with Crippen molar-refractivity contribution in [3.63, 3.8) is 0 Å². The molecule has 0 atom stereocenters. The molecule has 192 valence electrons. The summed E-state index contributed by atoms with van der Waals surface area (Å²) in [5, 5.41) is 0. The largest absolute Gasteiger partial charge is 0.490 e. The van der Waals surface area contributed by atoms with Crippen molar-refractivity contribution in [3.8, 4) is 17.2 Å². The van der Waals surface area contributed by atoms with Crippen molar-refractivity contribution in [2.24, 2.45) is 11.8 Å². The standard InChI is InChI=1S/C27H24F6O3/c28-18-4-1-7-21(25(18)31)34-15-17-12-10-16(11-13-17)14-24(35-22-8-2-5-19(29)26(22)32)36-23-9-3-6-20(30)27(23)33/h1-9,16-17,24H,10-15H2. The molecule has 0 spiro atoms. The monoisotopic (exact) mass is 510 g/mol. The molecule has 0 aromatic heterocycles. The number of hydrogen-bond donors (Lipinski definition) is 0. The summed E-state index contributed by atoms with van der Waals surface area (Å²) in [6, 6.07) is 10.6. The summed E-state index contributed by atoms with van der Waals surface area (Å²) in [6.45, 7) is 0.215. The Morgan fingerprint density at radius 2 is 1.00 bits per heavy atom. The Hall–Kier alpha value is -3.36. The first-order chi connectivity index (χ1) is 17.3. The van der Waals surface area contributed by atoms with Crippen LogP contribution in [0.25, 0.3) is 0 Å². The zero-order valence-electron chi connectivity index (χ0n) is 19.2. The molecule has 3 aromatic rings. The molecule has 0 radical (unpaired) electrons. The van der Waals surface area contributed by atoms with Gasteiger partial charge in [-0.1, -0.05) is 18.2 Å². The highest BCUT2D eigenvalue weighted by Gasteiger charge is 2.28. The zero-order valence-corrected chi connectivity index (χ0v) is 19.2. The average Bonchev–Trinajstić information content (AvgIpc) is 2.86. The lowest BCUT2D eigenvalue weighted by molar-refractivity contribution is -0.0243. The van der Waals surface area contributed by atoms with Gasteiger partial charge < -0.3 is 14.2 Å². The van der Waals surface area contributed by atoms with E-state index in [0.29, 0.717) is 25.7 Å². The third-order valence-corrected chi connectivity index (χ3v) is 6.23. The van der Waals surface area contributed by atoms with Gasteiger partial charge in [0.15, 0.2) is 34.7 Å². The van der Waals surface area contributed by atoms with Crippen LogP contribution in [0.3, 0.4) is 0 Å². The van der Waals surface area contributed by atoms with Crippen molar-refractivity contribution in [1.29, 1.82) is 0 Å². The van der Waals surface area contributed by atoms with E-state index in [1.807, 2.05) is 0 Å². The van der Waals surface area contributed by atoms with E-state index in [1.165, 1.54) is 36.4 Å². The molecule has 1 aliphatic carbocycles. The fourth-order valence-corrected chi connectivity index (χ4v) is 4.26. The highest BCUT2D eigenvalue weighted by atomic mass is 19.2. The first-order valence-electron chi connectivity index (χ1n) is 11.6. The molecule has 1 aliphatic rings. The van der Waals surface area contributed by atoms with Gasteiger partial charge in [0.1, 0.15) is 0 Å². The second kappa shape index (κ2) is 11.6. The molecule has 0 saturated heterocycles. The Kier molecular flexibility index (Phi) is 8.28. The second-order valence-corrected chi connectivity index (χ2v) is 8.75. The minimum Gasteiger partial charge on any atom is -0.490 e. The number of benzene rings is 3. The average molecular weight is 510 g/mol. The summed E-state index contributed by atoms with van der Waals surface area (Å²) >= 11 is 0. The van der Waals surface area contributed by atoms with E-state index in [-0.39, 0.29) is 30.6 Å². The Balaban J connectivity index is 1.39. The lowest BCUT2D eigenvalue weighted by atomic mass is 9.81. The van der Waals surface area contributed by atoms with Crippen molar-refractivity contribution in [2.75, 3.05) is 6.61 Å². The molecule has 3 aromatic carbocycles. The minimum absolute atomic E-state index is 0.0189. The number of ether oxygens (including phenoxy) is 3. The van der Waals surface area contributed by atoms with E-state index in [2.05, 4.69) is 0 Å². The first-order valence-corrected chi connectivity index (χ1v) is 11.6. The smallest absolute Gasteiger partial charge is 0.241 e. The van der Waals surface area contributed by atoms with Crippen molar-refractivity contribution >= 4 is 0 Å². The third-order valence-electron chi connectivity index (χ3n) is 6.23. The van der Waals surface area contributed by atoms with E-state index in [0.717, 1.165) is 18.2 Å². The Morgan fingerprint density at radius 3 is 1.50 bits per heavy atom. The number of rotatable bonds is 9. The summed E-state index contributed by atoms with van der Waals surface area (Å²) in [5.41, 5.74) is 0. The van der Waals surface area contributed by atoms with Crippen LogP contribution in [0, 0.1) is 46.7 Å². The fraction of sp³-hybridized carbons (Fsp3) is 0.333. The quantitative estimate of drug-likeness (QED) is 0.219. The van der Waals surface area contributed by atoms with Crippen LogP contribution in [0.5, 0.6) is 17.2 Å². The van der Waals surface area contributed by atoms with Crippen LogP contribution in [-0.2, 0) is 0 Å². The maximum Gasteiger partial charge on any atom is 0.241 e. The van der Waals surface area contributed by atoms with Crippen LogP contribution < -0.4 is 14.2 Å². The molecular weight excluding hydrogens is 486 g/mol. The van der Waals surface area contributed by atoms with E-state index in [9.17, 15) is 26.3 Å². The molecular formula is C27H24F6O3. The van der Waals surface area contributed by atoms with Gasteiger partial charge in [-0.2, -0.15) is 13.2 Å². The number of hydrogen-bond acceptors (Lipinski definition) is 3. The topological polar surface area (TPSA) is 27.7 Å². The van der Waals surface area contributed by atoms with Crippen molar-refractivity contribution in [2.45, 2.75) is 38.4 Å². The zero-order chi connectivity index (χ0) is 25.7. The molecule has 0 bridgehead atoms. The highest BCUT2D eigenvalue weighted by molar-refractivity contribution is 5.27. The van der Waals surface area contributed by atoms with Gasteiger partial charge in [0.2, 0.25) is 23.7 Å². The molecule has 0 N–H and O–H groups in total. The molecule has 0 unspecified atom stereocenters. The summed E-state index contributed by atoms with van der Waals surface area (Å²) < 4.78 is 99.4. The maximum absolute atomic E-state index is 14.2. The lowest BCUT2D eigenvalue weighted by Gasteiger charge is -2.31. The molecule has 0 heterocycles. The third kappa shape index (κ3) is 6.25. The van der Waals surface area contributed by atoms with Crippen LogP contribution in [0.1, 0.15) is 32.1 Å². The SMILES string of the molecule is Fc1cccc(OCC2CCC(CC(Oc3cccc(F)c3F)Oc3cccc(F)c3F)CC2)c1F. The first kappa shape index (κ1) is 25.7. The lowest BCUT2D eigenvalue weighted by Crippen LogP contribution is -2.30. The van der Waals surface area contributed by atoms with Gasteiger partial charge >= 0.3 is 0 Å². The highest BCUT2D eigenvalue weighted by Crippen LogP contribution is 2.34. The van der Waals surface area contributed by atoms with Crippen LogP contribution in [0.4, 0.5) is 26.3 Å². The van der Waals surface area contributed by atoms with Crippen LogP contribution in [-0.4, -0.2) is 12.9 Å². The van der Waals surface area contributed by atoms with Crippen LogP contribution >= 0.6 is 0 Å². The molecule has 1 saturated carbocycles. The van der Waals surface area contributed by atoms with E-state index in [1.54, 1.807) is 0 Å². The fourth-order valence-electron chi connectivity index (χ4n) is 4.26. The summed E-state index contributed by atoms with van der Waals surface area (Å²) in [6.07, 6.45) is 1.77. The minimum atomic E-state index is -1.21. The van der Waals surface area contributed by atoms with E-state index < -0.39 is 52.7 Å². The van der Waals surface area contributed by atoms with Gasteiger partial charge in [0.05, 0.1) is 6.61 Å². The van der Waals surface area contributed by atoms with E-state index >= 15 is 0 Å². The number of halogens is 6. The van der Waals surface area contributed by atoms with Crippen LogP contribution in [0.15, 0.2) is 54.6 Å². The van der Waals surface area contributed by atoms with Gasteiger partial charge in [0.25, 0.3) is 0 Å². The Bertz CT molecular complexity index is 1130. The summed E-state index contributed by atoms with van der Waals surface area (Å²) in [4.78, 5) is 0. The molecule has 36 heavy (non-hydrogen) atoms. The van der Waals surface area contributed by atoms with Crippen molar-refractivity contribution in [3.05, 3.63) is 89.5 Å². The van der Waals surface area contributed by atoms with Crippen molar-refractivity contribution in [1.82, 2.24) is 0 Å². The summed E-state index contributed by atoms with van der Waals surface area (Å²) in [7, 11) is 0. The van der Waals surface area contributed by atoms with Gasteiger partial charge in [0, 0.05) is 6.42 Å². The van der Waals surface area contributed by atoms with Gasteiger partial charge in [-0.25, -0.2) is 13.2 Å². The predicted octanol–water partition coefficient (Wildman–Crippen LogP) is 7.58. The predicted molar refractivity (Wildman–Crippen MR) is 120 cm³/mol. The van der Waals surface area contributed by atoms with Crippen LogP contribution in [0.2, 0.25) is 0 Å². The maximum atomic E-state index is 14.2. The molecule has 4 rings (SSSR count). The molecule has 0 aliphatic heterocycles. The molecule has 9 heteroatoms. The molecule has 0 amide bonds. The van der Waals surface area contributed by atoms with Crippen molar-refractivity contribution < 1.29 is 40.6 Å². The van der Waals surface area contributed by atoms with Gasteiger partial charge in [-0.15, -0.1) is 0 Å². The Morgan fingerprint density at radius 1 is 0.583 bits per heavy atom. The molecule has 3 nitrogen and oxygen atoms in total. The normalized spacial score (nSPS) is 17.8. The molecule has 1 fully saturated rings. The summed E-state index contributed by atoms with van der Waals surface area (Å²) in [5.74, 6) is -7.50. The van der Waals surface area contributed by atoms with E-state index in [4.69, 9.17) is 14.2 Å². The second-order valence-electron chi connectivity index (χ2n) is 8.75. The van der Waals surface area contributed by atoms with Gasteiger partial charge in [-0.3, -0.25) is 0 Å². The van der Waals surface area contributed by atoms with Gasteiger partial charge in [-0.05, 0) is 73.9 Å². The Labute approximate surface area is 204 Å².